The Kier molecular flexibility index (Phi) is 2.92. The number of hydrogen-bond acceptors (Lipinski definition) is 4. The molecule has 0 amide bonds. The number of anilines is 1. The first-order valence-electron chi connectivity index (χ1n) is 6.03. The van der Waals surface area contributed by atoms with Crippen molar-refractivity contribution < 1.29 is 4.74 Å². The quantitative estimate of drug-likeness (QED) is 0.872. The van der Waals surface area contributed by atoms with Gasteiger partial charge in [-0.1, -0.05) is 0 Å². The molecule has 0 radical (unpaired) electrons. The number of fused-ring (bicyclic) bond motifs is 1. The van der Waals surface area contributed by atoms with Gasteiger partial charge in [-0.2, -0.15) is 5.10 Å². The number of aromatic nitrogens is 3. The number of nitrogens with zero attached hydrogens (tertiary/aromatic N) is 3. The molecule has 90 valence electrons. The van der Waals surface area contributed by atoms with Crippen LogP contribution in [0.4, 0.5) is 5.82 Å². The molecule has 1 saturated heterocycles. The molecule has 17 heavy (non-hydrogen) atoms. The predicted octanol–water partition coefficient (Wildman–Crippen LogP) is 1.57. The normalized spacial score (nSPS) is 17.4. The highest BCUT2D eigenvalue weighted by atomic mass is 16.5. The van der Waals surface area contributed by atoms with E-state index in [4.69, 9.17) is 4.74 Å². The van der Waals surface area contributed by atoms with Gasteiger partial charge in [0.05, 0.1) is 6.20 Å². The Labute approximate surface area is 99.8 Å². The standard InChI is InChI=1S/C12H16N4O/c1-4-15-16-6-5-13-12(11(1)16)14-9-10-2-7-17-8-3-10/h1,4-6,10H,2-3,7-9H2,(H,13,14). The van der Waals surface area contributed by atoms with E-state index in [1.807, 2.05) is 16.8 Å². The molecule has 1 fully saturated rings. The van der Waals surface area contributed by atoms with E-state index in [2.05, 4.69) is 15.4 Å². The first kappa shape index (κ1) is 10.5. The number of nitrogens with one attached hydrogen (secondary N) is 1. The van der Waals surface area contributed by atoms with Gasteiger partial charge < -0.3 is 10.1 Å². The van der Waals surface area contributed by atoms with Crippen LogP contribution >= 0.6 is 0 Å². The van der Waals surface area contributed by atoms with Crippen molar-refractivity contribution >= 4 is 11.3 Å². The molecule has 2 aromatic heterocycles. The minimum absolute atomic E-state index is 0.689. The van der Waals surface area contributed by atoms with Crippen LogP contribution in [0.2, 0.25) is 0 Å². The maximum Gasteiger partial charge on any atom is 0.152 e. The Bertz CT molecular complexity index is 490. The first-order chi connectivity index (χ1) is 8.43. The van der Waals surface area contributed by atoms with Gasteiger partial charge >= 0.3 is 0 Å². The van der Waals surface area contributed by atoms with Crippen LogP contribution in [0.3, 0.4) is 0 Å². The van der Waals surface area contributed by atoms with Gasteiger partial charge in [0.2, 0.25) is 0 Å². The fourth-order valence-electron chi connectivity index (χ4n) is 2.19. The molecule has 5 heteroatoms. The molecule has 0 atom stereocenters. The smallest absolute Gasteiger partial charge is 0.152 e. The highest BCUT2D eigenvalue weighted by molar-refractivity contribution is 5.66. The van der Waals surface area contributed by atoms with Gasteiger partial charge in [-0.25, -0.2) is 9.50 Å². The lowest BCUT2D eigenvalue weighted by Crippen LogP contribution is -2.23. The van der Waals surface area contributed by atoms with Crippen LogP contribution in [-0.2, 0) is 4.74 Å². The summed E-state index contributed by atoms with van der Waals surface area (Å²) >= 11 is 0. The van der Waals surface area contributed by atoms with E-state index in [1.54, 1.807) is 12.4 Å². The van der Waals surface area contributed by atoms with E-state index < -0.39 is 0 Å². The van der Waals surface area contributed by atoms with Crippen molar-refractivity contribution in [3.05, 3.63) is 24.7 Å². The molecule has 3 rings (SSSR count). The van der Waals surface area contributed by atoms with E-state index in [0.717, 1.165) is 43.9 Å². The molecule has 0 saturated carbocycles. The van der Waals surface area contributed by atoms with Gasteiger partial charge in [0, 0.05) is 32.2 Å². The predicted molar refractivity (Wildman–Crippen MR) is 65.0 cm³/mol. The molecule has 0 bridgehead atoms. The monoisotopic (exact) mass is 232 g/mol. The summed E-state index contributed by atoms with van der Waals surface area (Å²) in [5.41, 5.74) is 1.03. The minimum atomic E-state index is 0.689. The van der Waals surface area contributed by atoms with Crippen molar-refractivity contribution in [3.8, 4) is 0 Å². The van der Waals surface area contributed by atoms with Crippen molar-refractivity contribution in [2.45, 2.75) is 12.8 Å². The second kappa shape index (κ2) is 4.71. The van der Waals surface area contributed by atoms with Crippen molar-refractivity contribution in [3.63, 3.8) is 0 Å². The highest BCUT2D eigenvalue weighted by Crippen LogP contribution is 2.17. The van der Waals surface area contributed by atoms with Crippen molar-refractivity contribution in [2.75, 3.05) is 25.1 Å². The molecular formula is C12H16N4O. The van der Waals surface area contributed by atoms with Crippen LogP contribution < -0.4 is 5.32 Å². The molecule has 0 aromatic carbocycles. The second-order valence-electron chi connectivity index (χ2n) is 4.37. The van der Waals surface area contributed by atoms with Crippen molar-refractivity contribution in [1.82, 2.24) is 14.6 Å². The van der Waals surface area contributed by atoms with Crippen LogP contribution in [0.25, 0.3) is 5.52 Å². The summed E-state index contributed by atoms with van der Waals surface area (Å²) in [5.74, 6) is 1.60. The van der Waals surface area contributed by atoms with Gasteiger partial charge in [0.1, 0.15) is 5.52 Å². The van der Waals surface area contributed by atoms with Crippen LogP contribution in [0.1, 0.15) is 12.8 Å². The molecule has 5 nitrogen and oxygen atoms in total. The first-order valence-corrected chi connectivity index (χ1v) is 6.03. The second-order valence-corrected chi connectivity index (χ2v) is 4.37. The summed E-state index contributed by atoms with van der Waals surface area (Å²) in [5, 5.41) is 7.61. The molecule has 1 N–H and O–H groups in total. The topological polar surface area (TPSA) is 51.5 Å². The Balaban J connectivity index is 1.69. The van der Waals surface area contributed by atoms with Gasteiger partial charge in [0.15, 0.2) is 5.82 Å². The lowest BCUT2D eigenvalue weighted by Gasteiger charge is -2.22. The van der Waals surface area contributed by atoms with Crippen molar-refractivity contribution in [1.29, 1.82) is 0 Å². The molecule has 3 heterocycles. The molecule has 0 aliphatic carbocycles. The molecular weight excluding hydrogens is 216 g/mol. The Morgan fingerprint density at radius 3 is 3.12 bits per heavy atom. The van der Waals surface area contributed by atoms with Gasteiger partial charge in [-0.15, -0.1) is 0 Å². The van der Waals surface area contributed by atoms with Crippen LogP contribution in [0, 0.1) is 5.92 Å². The number of ether oxygens (including phenoxy) is 1. The maximum atomic E-state index is 5.35. The van der Waals surface area contributed by atoms with E-state index in [9.17, 15) is 0 Å². The zero-order valence-corrected chi connectivity index (χ0v) is 9.67. The Hall–Kier alpha value is -1.62. The molecule has 2 aromatic rings. The van der Waals surface area contributed by atoms with Gasteiger partial charge in [-0.05, 0) is 24.8 Å². The lowest BCUT2D eigenvalue weighted by atomic mass is 10.0. The fraction of sp³-hybridized carbons (Fsp3) is 0.500. The fourth-order valence-corrected chi connectivity index (χ4v) is 2.19. The van der Waals surface area contributed by atoms with Crippen molar-refractivity contribution in [2.24, 2.45) is 5.92 Å². The van der Waals surface area contributed by atoms with Crippen LogP contribution in [0.15, 0.2) is 24.7 Å². The Morgan fingerprint density at radius 1 is 1.35 bits per heavy atom. The van der Waals surface area contributed by atoms with E-state index >= 15 is 0 Å². The number of rotatable bonds is 3. The highest BCUT2D eigenvalue weighted by Gasteiger charge is 2.14. The molecule has 0 spiro atoms. The third-order valence-electron chi connectivity index (χ3n) is 3.22. The summed E-state index contributed by atoms with van der Waals surface area (Å²) in [7, 11) is 0. The minimum Gasteiger partial charge on any atom is -0.381 e. The zero-order chi connectivity index (χ0) is 11.5. The third-order valence-corrected chi connectivity index (χ3v) is 3.22. The van der Waals surface area contributed by atoms with E-state index in [0.29, 0.717) is 5.92 Å². The molecule has 0 unspecified atom stereocenters. The number of hydrogen-bond donors (Lipinski definition) is 1. The zero-order valence-electron chi connectivity index (χ0n) is 9.67. The van der Waals surface area contributed by atoms with Crippen LogP contribution in [0.5, 0.6) is 0 Å². The largest absolute Gasteiger partial charge is 0.381 e. The average Bonchev–Trinajstić information content (AvgIpc) is 2.86. The summed E-state index contributed by atoms with van der Waals surface area (Å²) in [4.78, 5) is 4.36. The van der Waals surface area contributed by atoms with E-state index in [1.165, 1.54) is 0 Å². The summed E-state index contributed by atoms with van der Waals surface area (Å²) in [6, 6.07) is 1.97. The average molecular weight is 232 g/mol. The maximum absolute atomic E-state index is 5.35. The summed E-state index contributed by atoms with van der Waals surface area (Å²) in [6.45, 7) is 2.73. The molecule has 1 aliphatic heterocycles. The Morgan fingerprint density at radius 2 is 2.24 bits per heavy atom. The summed E-state index contributed by atoms with van der Waals surface area (Å²) in [6.07, 6.45) is 7.68. The van der Waals surface area contributed by atoms with Gasteiger partial charge in [0.25, 0.3) is 0 Å². The third kappa shape index (κ3) is 2.24. The van der Waals surface area contributed by atoms with Crippen LogP contribution in [-0.4, -0.2) is 34.4 Å². The summed E-state index contributed by atoms with van der Waals surface area (Å²) < 4.78 is 7.18. The molecule has 1 aliphatic rings. The van der Waals surface area contributed by atoms with Gasteiger partial charge in [-0.3, -0.25) is 0 Å². The SMILES string of the molecule is c1cn2nccc2c(NCC2CCOCC2)n1. The van der Waals surface area contributed by atoms with E-state index in [-0.39, 0.29) is 0 Å². The lowest BCUT2D eigenvalue weighted by molar-refractivity contribution is 0.0699.